The zero-order valence-corrected chi connectivity index (χ0v) is 10.3. The maximum absolute atomic E-state index is 11.5. The first-order chi connectivity index (χ1) is 7.49. The van der Waals surface area contributed by atoms with Gasteiger partial charge in [-0.25, -0.2) is 0 Å². The number of methoxy groups -OCH3 is 1. The molecule has 1 aromatic carbocycles. The second-order valence-electron chi connectivity index (χ2n) is 5.24. The molecular weight excluding hydrogens is 200 g/mol. The van der Waals surface area contributed by atoms with Crippen LogP contribution in [0.2, 0.25) is 0 Å². The Balaban J connectivity index is 2.70. The number of carbonyl (C=O) groups excluding carboxylic acids is 1. The number of hydrogen-bond donors (Lipinski definition) is 0. The Kier molecular flexibility index (Phi) is 2.43. The van der Waals surface area contributed by atoms with Crippen molar-refractivity contribution in [3.63, 3.8) is 0 Å². The lowest BCUT2D eigenvalue weighted by Gasteiger charge is -2.37. The predicted molar refractivity (Wildman–Crippen MR) is 63.4 cm³/mol. The molecule has 1 aliphatic carbocycles. The summed E-state index contributed by atoms with van der Waals surface area (Å²) in [6.45, 7) is 6.18. The van der Waals surface area contributed by atoms with Gasteiger partial charge in [-0.15, -0.1) is 0 Å². The Morgan fingerprint density at radius 3 is 2.44 bits per heavy atom. The summed E-state index contributed by atoms with van der Waals surface area (Å²) >= 11 is 0. The van der Waals surface area contributed by atoms with Gasteiger partial charge in [-0.1, -0.05) is 38.1 Å². The van der Waals surface area contributed by atoms with Crippen molar-refractivity contribution in [2.45, 2.75) is 32.3 Å². The molecule has 0 amide bonds. The first-order valence-corrected chi connectivity index (χ1v) is 5.57. The van der Waals surface area contributed by atoms with Crippen LogP contribution in [0.3, 0.4) is 0 Å². The van der Waals surface area contributed by atoms with Crippen LogP contribution in [0.15, 0.2) is 24.3 Å². The summed E-state index contributed by atoms with van der Waals surface area (Å²) in [7, 11) is 1.71. The average Bonchev–Trinajstić information content (AvgIpc) is 2.45. The SMILES string of the molecule is CO[C@H]1c2ccccc2[C@@](C)(C=O)C1(C)C. The number of ether oxygens (including phenoxy) is 1. The Morgan fingerprint density at radius 1 is 1.25 bits per heavy atom. The number of fused-ring (bicyclic) bond motifs is 1. The van der Waals surface area contributed by atoms with E-state index in [-0.39, 0.29) is 11.5 Å². The second kappa shape index (κ2) is 3.42. The lowest BCUT2D eigenvalue weighted by atomic mass is 9.67. The molecule has 0 saturated carbocycles. The Morgan fingerprint density at radius 2 is 1.88 bits per heavy atom. The average molecular weight is 218 g/mol. The van der Waals surface area contributed by atoms with Crippen LogP contribution in [0, 0.1) is 5.41 Å². The van der Waals surface area contributed by atoms with Crippen LogP contribution >= 0.6 is 0 Å². The van der Waals surface area contributed by atoms with E-state index in [2.05, 4.69) is 19.9 Å². The van der Waals surface area contributed by atoms with Crippen molar-refractivity contribution in [2.75, 3.05) is 7.11 Å². The fourth-order valence-corrected chi connectivity index (χ4v) is 2.84. The van der Waals surface area contributed by atoms with Crippen LogP contribution in [-0.2, 0) is 14.9 Å². The van der Waals surface area contributed by atoms with Crippen molar-refractivity contribution in [2.24, 2.45) is 5.41 Å². The molecule has 0 radical (unpaired) electrons. The van der Waals surface area contributed by atoms with E-state index in [1.54, 1.807) is 7.11 Å². The van der Waals surface area contributed by atoms with Crippen molar-refractivity contribution in [3.05, 3.63) is 35.4 Å². The van der Waals surface area contributed by atoms with Gasteiger partial charge in [0.25, 0.3) is 0 Å². The molecule has 16 heavy (non-hydrogen) atoms. The van der Waals surface area contributed by atoms with Crippen molar-refractivity contribution >= 4 is 6.29 Å². The number of rotatable bonds is 2. The van der Waals surface area contributed by atoms with E-state index in [1.165, 1.54) is 0 Å². The predicted octanol–water partition coefficient (Wildman–Crippen LogP) is 2.87. The van der Waals surface area contributed by atoms with Crippen molar-refractivity contribution < 1.29 is 9.53 Å². The highest BCUT2D eigenvalue weighted by Crippen LogP contribution is 2.57. The van der Waals surface area contributed by atoms with E-state index < -0.39 is 5.41 Å². The normalized spacial score (nSPS) is 31.1. The van der Waals surface area contributed by atoms with E-state index in [4.69, 9.17) is 4.74 Å². The molecule has 0 fully saturated rings. The van der Waals surface area contributed by atoms with Gasteiger partial charge in [0, 0.05) is 12.5 Å². The quantitative estimate of drug-likeness (QED) is 0.713. The Bertz CT molecular complexity index is 422. The van der Waals surface area contributed by atoms with Gasteiger partial charge in [0.2, 0.25) is 0 Å². The maximum atomic E-state index is 11.5. The Labute approximate surface area is 96.6 Å². The number of carbonyl (C=O) groups is 1. The second-order valence-corrected chi connectivity index (χ2v) is 5.24. The molecule has 0 spiro atoms. The van der Waals surface area contributed by atoms with Crippen molar-refractivity contribution in [1.82, 2.24) is 0 Å². The number of benzene rings is 1. The van der Waals surface area contributed by atoms with E-state index in [9.17, 15) is 4.79 Å². The molecule has 86 valence electrons. The van der Waals surface area contributed by atoms with Gasteiger partial charge in [0.1, 0.15) is 6.29 Å². The van der Waals surface area contributed by atoms with E-state index in [0.29, 0.717) is 0 Å². The molecule has 2 rings (SSSR count). The molecule has 1 aromatic rings. The first-order valence-electron chi connectivity index (χ1n) is 5.57. The zero-order chi connectivity index (χ0) is 12.0. The zero-order valence-electron chi connectivity index (χ0n) is 10.3. The summed E-state index contributed by atoms with van der Waals surface area (Å²) in [5, 5.41) is 0. The summed E-state index contributed by atoms with van der Waals surface area (Å²) in [6.07, 6.45) is 1.05. The van der Waals surface area contributed by atoms with E-state index >= 15 is 0 Å². The third kappa shape index (κ3) is 1.14. The molecule has 0 bridgehead atoms. The van der Waals surface area contributed by atoms with Crippen LogP contribution in [0.5, 0.6) is 0 Å². The molecule has 1 aliphatic rings. The summed E-state index contributed by atoms with van der Waals surface area (Å²) < 4.78 is 5.59. The van der Waals surface area contributed by atoms with E-state index in [0.717, 1.165) is 17.4 Å². The molecule has 0 saturated heterocycles. The van der Waals surface area contributed by atoms with Gasteiger partial charge in [0.15, 0.2) is 0 Å². The van der Waals surface area contributed by atoms with Gasteiger partial charge in [0.05, 0.1) is 11.5 Å². The van der Waals surface area contributed by atoms with Crippen LogP contribution in [0.1, 0.15) is 38.0 Å². The van der Waals surface area contributed by atoms with Crippen LogP contribution in [-0.4, -0.2) is 13.4 Å². The van der Waals surface area contributed by atoms with Gasteiger partial charge >= 0.3 is 0 Å². The highest BCUT2D eigenvalue weighted by Gasteiger charge is 2.55. The molecule has 0 unspecified atom stereocenters. The minimum Gasteiger partial charge on any atom is -0.376 e. The summed E-state index contributed by atoms with van der Waals surface area (Å²) in [6, 6.07) is 8.07. The monoisotopic (exact) mass is 218 g/mol. The minimum absolute atomic E-state index is 0.0149. The van der Waals surface area contributed by atoms with Crippen molar-refractivity contribution in [1.29, 1.82) is 0 Å². The van der Waals surface area contributed by atoms with Gasteiger partial charge < -0.3 is 9.53 Å². The van der Waals surface area contributed by atoms with Gasteiger partial charge in [-0.3, -0.25) is 0 Å². The lowest BCUT2D eigenvalue weighted by molar-refractivity contribution is -0.119. The molecular formula is C14H18O2. The molecule has 2 atom stereocenters. The maximum Gasteiger partial charge on any atom is 0.130 e. The molecule has 2 heteroatoms. The molecule has 0 N–H and O–H groups in total. The van der Waals surface area contributed by atoms with Crippen LogP contribution < -0.4 is 0 Å². The molecule has 2 nitrogen and oxygen atoms in total. The summed E-state index contributed by atoms with van der Waals surface area (Å²) in [5.74, 6) is 0. The number of hydrogen-bond acceptors (Lipinski definition) is 2. The topological polar surface area (TPSA) is 26.3 Å². The minimum atomic E-state index is -0.468. The number of aldehydes is 1. The summed E-state index contributed by atoms with van der Waals surface area (Å²) in [4.78, 5) is 11.5. The Hall–Kier alpha value is -1.15. The van der Waals surface area contributed by atoms with Gasteiger partial charge in [-0.2, -0.15) is 0 Å². The van der Waals surface area contributed by atoms with Crippen molar-refractivity contribution in [3.8, 4) is 0 Å². The van der Waals surface area contributed by atoms with Crippen LogP contribution in [0.25, 0.3) is 0 Å². The van der Waals surface area contributed by atoms with Crippen LogP contribution in [0.4, 0.5) is 0 Å². The summed E-state index contributed by atoms with van der Waals surface area (Å²) in [5.41, 5.74) is 1.56. The smallest absolute Gasteiger partial charge is 0.130 e. The van der Waals surface area contributed by atoms with Gasteiger partial charge in [-0.05, 0) is 18.1 Å². The lowest BCUT2D eigenvalue weighted by Crippen LogP contribution is -2.39. The fourth-order valence-electron chi connectivity index (χ4n) is 2.84. The standard InChI is InChI=1S/C14H18O2/c1-13(2)12(16-4)10-7-5-6-8-11(10)14(13,3)9-15/h5-9,12H,1-4H3/t12-,14+/m0/s1. The highest BCUT2D eigenvalue weighted by atomic mass is 16.5. The third-order valence-corrected chi connectivity index (χ3v) is 4.27. The molecule has 0 heterocycles. The largest absolute Gasteiger partial charge is 0.376 e. The third-order valence-electron chi connectivity index (χ3n) is 4.27. The molecule has 0 aromatic heterocycles. The highest BCUT2D eigenvalue weighted by molar-refractivity contribution is 5.73. The fraction of sp³-hybridized carbons (Fsp3) is 0.500. The first kappa shape index (κ1) is 11.3. The van der Waals surface area contributed by atoms with E-state index in [1.807, 2.05) is 25.1 Å². The molecule has 0 aliphatic heterocycles.